The minimum absolute atomic E-state index is 0.0430. The van der Waals surface area contributed by atoms with Gasteiger partial charge in [-0.1, -0.05) is 36.3 Å². The molecule has 0 saturated carbocycles. The fourth-order valence-electron chi connectivity index (χ4n) is 3.83. The molecule has 0 fully saturated rings. The summed E-state index contributed by atoms with van der Waals surface area (Å²) in [5.74, 6) is 6.25. The first kappa shape index (κ1) is 25.6. The van der Waals surface area contributed by atoms with E-state index in [-0.39, 0.29) is 17.8 Å². The van der Waals surface area contributed by atoms with Crippen molar-refractivity contribution < 1.29 is 20.1 Å². The van der Waals surface area contributed by atoms with Gasteiger partial charge in [0, 0.05) is 30.7 Å². The Morgan fingerprint density at radius 3 is 1.86 bits per heavy atom. The van der Waals surface area contributed by atoms with Crippen molar-refractivity contribution in [1.29, 1.82) is 0 Å². The molecule has 0 aliphatic carbocycles. The highest BCUT2D eigenvalue weighted by Crippen LogP contribution is 2.41. The Balaban J connectivity index is 1.85. The molecule has 0 saturated heterocycles. The molecule has 1 unspecified atom stereocenters. The lowest BCUT2D eigenvalue weighted by atomic mass is 9.75. The first-order chi connectivity index (χ1) is 16.7. The van der Waals surface area contributed by atoms with Crippen molar-refractivity contribution in [1.82, 2.24) is 0 Å². The van der Waals surface area contributed by atoms with Gasteiger partial charge in [0.1, 0.15) is 0 Å². The van der Waals surface area contributed by atoms with Gasteiger partial charge in [0.05, 0.1) is 27.5 Å². The molecular formula is C27H26N2O6. The smallest absolute Gasteiger partial charge is 0.269 e. The predicted octanol–water partition coefficient (Wildman–Crippen LogP) is 5.30. The third-order valence-electron chi connectivity index (χ3n) is 5.88. The fourth-order valence-corrected chi connectivity index (χ4v) is 3.83. The molecule has 0 radical (unpaired) electrons. The van der Waals surface area contributed by atoms with Gasteiger partial charge in [0.15, 0.2) is 0 Å². The van der Waals surface area contributed by atoms with E-state index >= 15 is 0 Å². The molecule has 3 aromatic rings. The Morgan fingerprint density at radius 1 is 0.829 bits per heavy atom. The van der Waals surface area contributed by atoms with Crippen LogP contribution in [0.3, 0.4) is 0 Å². The average Bonchev–Trinajstić information content (AvgIpc) is 2.87. The molecule has 8 heteroatoms. The van der Waals surface area contributed by atoms with Crippen molar-refractivity contribution in [3.8, 4) is 11.8 Å². The number of non-ortho nitro benzene ring substituents is 2. The molecule has 8 nitrogen and oxygen atoms in total. The Bertz CT molecular complexity index is 1220. The van der Waals surface area contributed by atoms with Gasteiger partial charge < -0.3 is 10.2 Å². The first-order valence-corrected chi connectivity index (χ1v) is 11.1. The fraction of sp³-hybridized carbons (Fsp3) is 0.259. The molecule has 2 N–H and O–H groups in total. The van der Waals surface area contributed by atoms with Crippen molar-refractivity contribution in [3.63, 3.8) is 0 Å². The van der Waals surface area contributed by atoms with Crippen molar-refractivity contribution in [3.05, 3.63) is 116 Å². The highest BCUT2D eigenvalue weighted by molar-refractivity contribution is 5.37. The van der Waals surface area contributed by atoms with Crippen molar-refractivity contribution >= 4 is 11.4 Å². The van der Waals surface area contributed by atoms with Gasteiger partial charge in [-0.05, 0) is 60.7 Å². The second kappa shape index (κ2) is 11.4. The molecule has 35 heavy (non-hydrogen) atoms. The van der Waals surface area contributed by atoms with E-state index in [1.807, 2.05) is 30.3 Å². The van der Waals surface area contributed by atoms with E-state index in [1.165, 1.54) is 48.5 Å². The topological polar surface area (TPSA) is 127 Å². The molecule has 3 rings (SSSR count). The van der Waals surface area contributed by atoms with E-state index < -0.39 is 27.5 Å². The summed E-state index contributed by atoms with van der Waals surface area (Å²) >= 11 is 0. The Labute approximate surface area is 203 Å². The van der Waals surface area contributed by atoms with Crippen molar-refractivity contribution in [2.24, 2.45) is 5.41 Å². The molecule has 180 valence electrons. The number of aryl methyl sites for hydroxylation is 1. The van der Waals surface area contributed by atoms with Gasteiger partial charge in [-0.3, -0.25) is 20.2 Å². The van der Waals surface area contributed by atoms with E-state index in [2.05, 4.69) is 11.8 Å². The van der Waals surface area contributed by atoms with E-state index in [0.717, 1.165) is 12.0 Å². The van der Waals surface area contributed by atoms with Gasteiger partial charge in [0.2, 0.25) is 0 Å². The summed E-state index contributed by atoms with van der Waals surface area (Å²) in [5, 5.41) is 44.0. The summed E-state index contributed by atoms with van der Waals surface area (Å²) in [5.41, 5.74) is 0.743. The van der Waals surface area contributed by atoms with E-state index in [9.17, 15) is 30.4 Å². The standard InChI is InChI=1S/C27H26N2O6/c1-27(18-6-5-9-20-7-3-2-4-8-20,26(31)22-12-16-24(17-13-22)29(34)35)19-25(30)21-10-14-23(15-11-21)28(32)33/h2-4,7-8,10-17,25-26,30-31H,5,9,19H2,1H3/t25?,26-,27-/m1/s1. The molecule has 0 aliphatic heterocycles. The molecule has 0 heterocycles. The minimum atomic E-state index is -1.14. The van der Waals surface area contributed by atoms with Crippen molar-refractivity contribution in [2.75, 3.05) is 0 Å². The number of nitrogens with zero attached hydrogens (tertiary/aromatic N) is 2. The normalized spacial score (nSPS) is 14.1. The third kappa shape index (κ3) is 6.73. The monoisotopic (exact) mass is 474 g/mol. The number of hydrogen-bond acceptors (Lipinski definition) is 6. The van der Waals surface area contributed by atoms with Crippen LogP contribution in [0.2, 0.25) is 0 Å². The summed E-state index contributed by atoms with van der Waals surface area (Å²) in [6.07, 6.45) is -0.874. The predicted molar refractivity (Wildman–Crippen MR) is 131 cm³/mol. The number of nitro groups is 2. The van der Waals surface area contributed by atoms with Gasteiger partial charge in [0.25, 0.3) is 11.4 Å². The lowest BCUT2D eigenvalue weighted by Crippen LogP contribution is -2.27. The molecule has 0 aliphatic rings. The van der Waals surface area contributed by atoms with Crippen LogP contribution in [-0.4, -0.2) is 20.1 Å². The number of benzene rings is 3. The number of rotatable bonds is 9. The third-order valence-corrected chi connectivity index (χ3v) is 5.88. The molecule has 0 amide bonds. The van der Waals surface area contributed by atoms with Crippen LogP contribution in [-0.2, 0) is 6.42 Å². The van der Waals surface area contributed by atoms with Crippen molar-refractivity contribution in [2.45, 2.75) is 38.4 Å². The lowest BCUT2D eigenvalue weighted by molar-refractivity contribution is -0.385. The Morgan fingerprint density at radius 2 is 1.34 bits per heavy atom. The van der Waals surface area contributed by atoms with Gasteiger partial charge >= 0.3 is 0 Å². The average molecular weight is 475 g/mol. The summed E-state index contributed by atoms with van der Waals surface area (Å²) in [7, 11) is 0. The second-order valence-electron chi connectivity index (χ2n) is 8.52. The maximum Gasteiger partial charge on any atom is 0.269 e. The zero-order valence-electron chi connectivity index (χ0n) is 19.2. The Kier molecular flexibility index (Phi) is 8.31. The van der Waals surface area contributed by atoms with Crippen LogP contribution in [0.15, 0.2) is 78.9 Å². The number of aliphatic hydroxyl groups excluding tert-OH is 2. The molecule has 0 aromatic heterocycles. The quantitative estimate of drug-likeness (QED) is 0.246. The molecular weight excluding hydrogens is 448 g/mol. The van der Waals surface area contributed by atoms with Crippen LogP contribution in [0.5, 0.6) is 0 Å². The van der Waals surface area contributed by atoms with E-state index in [4.69, 9.17) is 0 Å². The van der Waals surface area contributed by atoms with Crippen LogP contribution in [0.25, 0.3) is 0 Å². The zero-order valence-corrected chi connectivity index (χ0v) is 19.2. The second-order valence-corrected chi connectivity index (χ2v) is 8.52. The van der Waals surface area contributed by atoms with Gasteiger partial charge in [-0.15, -0.1) is 5.92 Å². The molecule has 3 atom stereocenters. The van der Waals surface area contributed by atoms with Crippen LogP contribution in [0, 0.1) is 37.5 Å². The minimum Gasteiger partial charge on any atom is -0.388 e. The van der Waals surface area contributed by atoms with Crippen LogP contribution in [0.4, 0.5) is 11.4 Å². The van der Waals surface area contributed by atoms with Crippen LogP contribution in [0.1, 0.15) is 48.7 Å². The summed E-state index contributed by atoms with van der Waals surface area (Å²) in [4.78, 5) is 20.9. The molecule has 0 bridgehead atoms. The Hall–Kier alpha value is -4.06. The van der Waals surface area contributed by atoms with E-state index in [1.54, 1.807) is 6.92 Å². The first-order valence-electron chi connectivity index (χ1n) is 11.1. The summed E-state index contributed by atoms with van der Waals surface area (Å²) in [6.45, 7) is 1.73. The molecule has 3 aromatic carbocycles. The van der Waals surface area contributed by atoms with Gasteiger partial charge in [-0.2, -0.15) is 0 Å². The largest absolute Gasteiger partial charge is 0.388 e. The number of hydrogen-bond donors (Lipinski definition) is 2. The number of aliphatic hydroxyl groups is 2. The van der Waals surface area contributed by atoms with Crippen LogP contribution < -0.4 is 0 Å². The van der Waals surface area contributed by atoms with Gasteiger partial charge in [-0.25, -0.2) is 0 Å². The SMILES string of the molecule is C[C@@](C#CCCc1ccccc1)(CC(O)c1ccc([N+](=O)[O-])cc1)[C@H](O)c1ccc([N+](=O)[O-])cc1. The summed E-state index contributed by atoms with van der Waals surface area (Å²) < 4.78 is 0. The maximum atomic E-state index is 11.2. The highest BCUT2D eigenvalue weighted by atomic mass is 16.6. The van der Waals surface area contributed by atoms with Crippen LogP contribution >= 0.6 is 0 Å². The summed E-state index contributed by atoms with van der Waals surface area (Å²) in [6, 6.07) is 21.0. The zero-order chi connectivity index (χ0) is 25.4. The maximum absolute atomic E-state index is 11.2. The molecule has 0 spiro atoms. The van der Waals surface area contributed by atoms with E-state index in [0.29, 0.717) is 17.5 Å². The number of nitro benzene ring substituents is 2. The lowest BCUT2D eigenvalue weighted by Gasteiger charge is -2.32. The highest BCUT2D eigenvalue weighted by Gasteiger charge is 2.35.